The number of ether oxygens (including phenoxy) is 1. The lowest BCUT2D eigenvalue weighted by Crippen LogP contribution is -2.39. The zero-order valence-electron chi connectivity index (χ0n) is 12.4. The van der Waals surface area contributed by atoms with Crippen molar-refractivity contribution >= 4 is 15.5 Å². The van der Waals surface area contributed by atoms with Crippen LogP contribution >= 0.6 is 0 Å². The van der Waals surface area contributed by atoms with E-state index in [0.717, 1.165) is 19.4 Å². The Morgan fingerprint density at radius 2 is 1.95 bits per heavy atom. The monoisotopic (exact) mass is 309 g/mol. The quantitative estimate of drug-likeness (QED) is 0.908. The summed E-state index contributed by atoms with van der Waals surface area (Å²) in [5.41, 5.74) is 0.714. The summed E-state index contributed by atoms with van der Waals surface area (Å²) in [4.78, 5) is 0.381. The van der Waals surface area contributed by atoms with Crippen LogP contribution in [0.2, 0.25) is 0 Å². The highest BCUT2D eigenvalue weighted by Crippen LogP contribution is 2.39. The largest absolute Gasteiger partial charge is 0.378 e. The smallest absolute Gasteiger partial charge is 0.177 e. The van der Waals surface area contributed by atoms with Crippen molar-refractivity contribution in [3.8, 4) is 0 Å². The molecule has 5 heteroatoms. The Labute approximate surface area is 126 Å². The van der Waals surface area contributed by atoms with Gasteiger partial charge in [0.2, 0.25) is 0 Å². The number of para-hydroxylation sites is 1. The minimum absolute atomic E-state index is 0.207. The van der Waals surface area contributed by atoms with E-state index >= 15 is 0 Å². The van der Waals surface area contributed by atoms with E-state index < -0.39 is 9.84 Å². The van der Waals surface area contributed by atoms with E-state index in [1.165, 1.54) is 25.5 Å². The molecule has 2 aliphatic rings. The Morgan fingerprint density at radius 1 is 1.19 bits per heavy atom. The van der Waals surface area contributed by atoms with Crippen molar-refractivity contribution in [1.82, 2.24) is 0 Å². The fourth-order valence-corrected chi connectivity index (χ4v) is 3.96. The van der Waals surface area contributed by atoms with E-state index in [0.29, 0.717) is 16.5 Å². The molecule has 2 atom stereocenters. The first-order chi connectivity index (χ1) is 10.1. The van der Waals surface area contributed by atoms with E-state index in [1.807, 2.05) is 12.1 Å². The van der Waals surface area contributed by atoms with Crippen molar-refractivity contribution in [2.24, 2.45) is 5.92 Å². The molecule has 21 heavy (non-hydrogen) atoms. The Hall–Kier alpha value is -1.07. The molecular weight excluding hydrogens is 286 g/mol. The van der Waals surface area contributed by atoms with Gasteiger partial charge in [-0.05, 0) is 50.2 Å². The number of hydrogen-bond donors (Lipinski definition) is 1. The minimum Gasteiger partial charge on any atom is -0.378 e. The topological polar surface area (TPSA) is 55.4 Å². The van der Waals surface area contributed by atoms with Gasteiger partial charge in [0.25, 0.3) is 0 Å². The van der Waals surface area contributed by atoms with E-state index in [4.69, 9.17) is 4.74 Å². The Morgan fingerprint density at radius 3 is 2.57 bits per heavy atom. The van der Waals surface area contributed by atoms with Crippen LogP contribution in [-0.4, -0.2) is 33.4 Å². The maximum atomic E-state index is 11.9. The van der Waals surface area contributed by atoms with Crippen LogP contribution in [0.25, 0.3) is 0 Å². The zero-order valence-corrected chi connectivity index (χ0v) is 13.2. The average molecular weight is 309 g/mol. The van der Waals surface area contributed by atoms with Crippen LogP contribution in [0, 0.1) is 5.92 Å². The molecule has 1 aromatic rings. The van der Waals surface area contributed by atoms with Crippen molar-refractivity contribution < 1.29 is 13.2 Å². The number of anilines is 1. The van der Waals surface area contributed by atoms with Crippen molar-refractivity contribution in [1.29, 1.82) is 0 Å². The molecule has 116 valence electrons. The van der Waals surface area contributed by atoms with Gasteiger partial charge in [0.1, 0.15) is 0 Å². The number of nitrogens with one attached hydrogen (secondary N) is 1. The van der Waals surface area contributed by atoms with Crippen LogP contribution in [0.1, 0.15) is 32.1 Å². The van der Waals surface area contributed by atoms with Gasteiger partial charge in [-0.15, -0.1) is 0 Å². The molecule has 4 nitrogen and oxygen atoms in total. The lowest BCUT2D eigenvalue weighted by molar-refractivity contribution is 0.000649. The van der Waals surface area contributed by atoms with Gasteiger partial charge in [0.15, 0.2) is 9.84 Å². The molecular formula is C16H23NO3S. The molecule has 0 bridgehead atoms. The second kappa shape index (κ2) is 5.97. The van der Waals surface area contributed by atoms with E-state index in [1.54, 1.807) is 12.1 Å². The summed E-state index contributed by atoms with van der Waals surface area (Å²) in [5.74, 6) is 0.612. The molecule has 1 aliphatic heterocycles. The van der Waals surface area contributed by atoms with Crippen LogP contribution in [0.5, 0.6) is 0 Å². The fourth-order valence-electron chi connectivity index (χ4n) is 3.11. The Balaban J connectivity index is 1.83. The van der Waals surface area contributed by atoms with E-state index in [-0.39, 0.29) is 12.1 Å². The van der Waals surface area contributed by atoms with Gasteiger partial charge in [0.05, 0.1) is 22.7 Å². The Kier molecular flexibility index (Phi) is 4.22. The van der Waals surface area contributed by atoms with Crippen LogP contribution in [0.3, 0.4) is 0 Å². The van der Waals surface area contributed by atoms with Gasteiger partial charge in [-0.1, -0.05) is 12.1 Å². The summed E-state index contributed by atoms with van der Waals surface area (Å²) in [6.07, 6.45) is 7.28. The molecule has 1 heterocycles. The molecule has 2 unspecified atom stereocenters. The highest BCUT2D eigenvalue weighted by atomic mass is 32.2. The molecule has 1 aliphatic carbocycles. The molecule has 1 aromatic carbocycles. The third-order valence-electron chi connectivity index (χ3n) is 4.35. The number of rotatable bonds is 5. The predicted molar refractivity (Wildman–Crippen MR) is 83.3 cm³/mol. The molecule has 1 N–H and O–H groups in total. The van der Waals surface area contributed by atoms with Gasteiger partial charge in [-0.2, -0.15) is 0 Å². The van der Waals surface area contributed by atoms with Crippen LogP contribution in [-0.2, 0) is 14.6 Å². The van der Waals surface area contributed by atoms with Crippen LogP contribution in [0.15, 0.2) is 29.2 Å². The highest BCUT2D eigenvalue weighted by Gasteiger charge is 2.38. The second-order valence-corrected chi connectivity index (χ2v) is 8.17. The lowest BCUT2D eigenvalue weighted by atomic mass is 9.98. The van der Waals surface area contributed by atoms with Gasteiger partial charge in [-0.25, -0.2) is 8.42 Å². The third kappa shape index (κ3) is 3.58. The summed E-state index contributed by atoms with van der Waals surface area (Å²) < 4.78 is 29.8. The predicted octanol–water partition coefficient (Wildman–Crippen LogP) is 2.85. The number of sulfone groups is 1. The van der Waals surface area contributed by atoms with Crippen molar-refractivity contribution in [3.63, 3.8) is 0 Å². The lowest BCUT2D eigenvalue weighted by Gasteiger charge is -2.32. The fraction of sp³-hybridized carbons (Fsp3) is 0.625. The van der Waals surface area contributed by atoms with Crippen LogP contribution in [0.4, 0.5) is 5.69 Å². The molecule has 2 fully saturated rings. The SMILES string of the molecule is CS(=O)(=O)c1ccccc1NC(C1CC1)C1CCCCO1. The minimum atomic E-state index is -3.22. The number of benzene rings is 1. The van der Waals surface area contributed by atoms with Crippen molar-refractivity contribution in [3.05, 3.63) is 24.3 Å². The summed E-state index contributed by atoms with van der Waals surface area (Å²) in [7, 11) is -3.22. The second-order valence-electron chi connectivity index (χ2n) is 6.18. The summed E-state index contributed by atoms with van der Waals surface area (Å²) in [6.45, 7) is 0.823. The average Bonchev–Trinajstić information content (AvgIpc) is 3.30. The molecule has 0 radical (unpaired) electrons. The first-order valence-electron chi connectivity index (χ1n) is 7.73. The Bertz CT molecular complexity index is 589. The van der Waals surface area contributed by atoms with Crippen LogP contribution < -0.4 is 5.32 Å². The maximum absolute atomic E-state index is 11.9. The third-order valence-corrected chi connectivity index (χ3v) is 5.51. The normalized spacial score (nSPS) is 24.5. The maximum Gasteiger partial charge on any atom is 0.177 e. The molecule has 0 aromatic heterocycles. The van der Waals surface area contributed by atoms with Crippen molar-refractivity contribution in [2.75, 3.05) is 18.2 Å². The molecule has 0 amide bonds. The van der Waals surface area contributed by atoms with Gasteiger partial charge in [0, 0.05) is 12.9 Å². The van der Waals surface area contributed by atoms with E-state index in [9.17, 15) is 8.42 Å². The van der Waals surface area contributed by atoms with Crippen molar-refractivity contribution in [2.45, 2.75) is 49.1 Å². The molecule has 1 saturated heterocycles. The first-order valence-corrected chi connectivity index (χ1v) is 9.62. The van der Waals surface area contributed by atoms with Gasteiger partial charge >= 0.3 is 0 Å². The van der Waals surface area contributed by atoms with Gasteiger partial charge < -0.3 is 10.1 Å². The number of hydrogen-bond acceptors (Lipinski definition) is 4. The first kappa shape index (κ1) is 14.9. The summed E-state index contributed by atoms with van der Waals surface area (Å²) in [6, 6.07) is 7.40. The van der Waals surface area contributed by atoms with Gasteiger partial charge in [-0.3, -0.25) is 0 Å². The molecule has 0 spiro atoms. The standard InChI is InChI=1S/C16H23NO3S/c1-21(18,19)15-8-3-2-6-13(15)17-16(12-9-10-12)14-7-4-5-11-20-14/h2-3,6,8,12,14,16-17H,4-5,7,9-11H2,1H3. The highest BCUT2D eigenvalue weighted by molar-refractivity contribution is 7.90. The molecule has 3 rings (SSSR count). The zero-order chi connectivity index (χ0) is 14.9. The van der Waals surface area contributed by atoms with E-state index in [2.05, 4.69) is 5.32 Å². The molecule has 1 saturated carbocycles. The summed E-state index contributed by atoms with van der Waals surface area (Å²) in [5, 5.41) is 3.48. The summed E-state index contributed by atoms with van der Waals surface area (Å²) >= 11 is 0.